The highest BCUT2D eigenvalue weighted by Gasteiger charge is 2.34. The molecule has 0 saturated heterocycles. The number of aromatic nitrogens is 1. The van der Waals surface area contributed by atoms with Crippen molar-refractivity contribution < 1.29 is 13.2 Å². The van der Waals surface area contributed by atoms with Gasteiger partial charge in [0.05, 0.1) is 0 Å². The number of pyridine rings is 1. The summed E-state index contributed by atoms with van der Waals surface area (Å²) in [4.78, 5) is 3.71. The molecule has 1 atom stereocenters. The second kappa shape index (κ2) is 5.26. The Morgan fingerprint density at radius 2 is 2.11 bits per heavy atom. The highest BCUT2D eigenvalue weighted by Crippen LogP contribution is 2.34. The van der Waals surface area contributed by atoms with Gasteiger partial charge in [0.25, 0.3) is 0 Å². The molecule has 1 saturated carbocycles. The average Bonchev–Trinajstić information content (AvgIpc) is 3.11. The monoisotopic (exact) mass is 258 g/mol. The number of hydrogen-bond acceptors (Lipinski definition) is 2. The van der Waals surface area contributed by atoms with Crippen molar-refractivity contribution in [3.8, 4) is 0 Å². The summed E-state index contributed by atoms with van der Waals surface area (Å²) >= 11 is 0. The van der Waals surface area contributed by atoms with E-state index in [1.807, 2.05) is 6.92 Å². The van der Waals surface area contributed by atoms with Crippen molar-refractivity contribution in [1.29, 1.82) is 0 Å². The molecule has 0 spiro atoms. The first-order valence-electron chi connectivity index (χ1n) is 6.27. The fourth-order valence-electron chi connectivity index (χ4n) is 2.14. The molecule has 1 aliphatic carbocycles. The van der Waals surface area contributed by atoms with Gasteiger partial charge in [-0.25, -0.2) is 4.98 Å². The minimum absolute atomic E-state index is 0.256. The van der Waals surface area contributed by atoms with Crippen LogP contribution in [0.5, 0.6) is 0 Å². The number of nitrogens with one attached hydrogen (secondary N) is 1. The zero-order valence-electron chi connectivity index (χ0n) is 10.3. The van der Waals surface area contributed by atoms with Crippen LogP contribution in [-0.2, 0) is 12.6 Å². The Labute approximate surface area is 105 Å². The summed E-state index contributed by atoms with van der Waals surface area (Å²) in [6.07, 6.45) is -1.46. The second-order valence-electron chi connectivity index (χ2n) is 4.72. The van der Waals surface area contributed by atoms with Crippen molar-refractivity contribution in [2.75, 3.05) is 6.54 Å². The van der Waals surface area contributed by atoms with Crippen LogP contribution in [0, 0.1) is 5.92 Å². The van der Waals surface area contributed by atoms with Crippen molar-refractivity contribution in [3.63, 3.8) is 0 Å². The van der Waals surface area contributed by atoms with E-state index in [4.69, 9.17) is 0 Å². The lowest BCUT2D eigenvalue weighted by molar-refractivity contribution is -0.141. The average molecular weight is 258 g/mol. The van der Waals surface area contributed by atoms with Crippen LogP contribution in [0.15, 0.2) is 18.2 Å². The second-order valence-corrected chi connectivity index (χ2v) is 4.72. The zero-order valence-corrected chi connectivity index (χ0v) is 10.3. The Kier molecular flexibility index (Phi) is 3.90. The van der Waals surface area contributed by atoms with E-state index < -0.39 is 11.9 Å². The number of rotatable bonds is 5. The largest absolute Gasteiger partial charge is 0.433 e. The fourth-order valence-corrected chi connectivity index (χ4v) is 2.14. The molecule has 0 aromatic carbocycles. The third-order valence-corrected chi connectivity index (χ3v) is 3.18. The van der Waals surface area contributed by atoms with Crippen LogP contribution in [0.25, 0.3) is 0 Å². The van der Waals surface area contributed by atoms with E-state index in [0.717, 1.165) is 25.5 Å². The van der Waals surface area contributed by atoms with Crippen LogP contribution in [0.3, 0.4) is 0 Å². The molecule has 0 amide bonds. The summed E-state index contributed by atoms with van der Waals surface area (Å²) in [6, 6.07) is 4.37. The molecule has 1 fully saturated rings. The van der Waals surface area contributed by atoms with E-state index in [2.05, 4.69) is 10.3 Å². The number of hydrogen-bond donors (Lipinski definition) is 1. The summed E-state index contributed by atoms with van der Waals surface area (Å²) in [5, 5.41) is 3.33. The van der Waals surface area contributed by atoms with Crippen LogP contribution < -0.4 is 5.32 Å². The predicted octanol–water partition coefficient (Wildman–Crippen LogP) is 3.03. The molecule has 100 valence electrons. The van der Waals surface area contributed by atoms with E-state index in [-0.39, 0.29) is 6.04 Å². The molecular weight excluding hydrogens is 241 g/mol. The van der Waals surface area contributed by atoms with Gasteiger partial charge in [0.15, 0.2) is 0 Å². The van der Waals surface area contributed by atoms with Gasteiger partial charge < -0.3 is 5.32 Å². The van der Waals surface area contributed by atoms with Crippen LogP contribution >= 0.6 is 0 Å². The van der Waals surface area contributed by atoms with Crippen LogP contribution in [0.1, 0.15) is 31.2 Å². The fraction of sp³-hybridized carbons (Fsp3) is 0.615. The molecule has 1 unspecified atom stereocenters. The SMILES string of the molecule is CCNC(Cc1cccc(C(F)(F)F)n1)C1CC1. The van der Waals surface area contributed by atoms with E-state index in [9.17, 15) is 13.2 Å². The highest BCUT2D eigenvalue weighted by atomic mass is 19.4. The van der Waals surface area contributed by atoms with Crippen molar-refractivity contribution in [1.82, 2.24) is 10.3 Å². The van der Waals surface area contributed by atoms with Gasteiger partial charge in [0, 0.05) is 18.2 Å². The molecule has 5 heteroatoms. The Bertz CT molecular complexity index is 399. The maximum absolute atomic E-state index is 12.5. The molecular formula is C13H17F3N2. The molecule has 0 aliphatic heterocycles. The van der Waals surface area contributed by atoms with E-state index >= 15 is 0 Å². The molecule has 1 heterocycles. The third-order valence-electron chi connectivity index (χ3n) is 3.18. The Hall–Kier alpha value is -1.10. The lowest BCUT2D eigenvalue weighted by Gasteiger charge is -2.17. The minimum atomic E-state index is -4.36. The number of likely N-dealkylation sites (N-methyl/N-ethyl adjacent to an activating group) is 1. The third kappa shape index (κ3) is 3.45. The first-order chi connectivity index (χ1) is 8.50. The van der Waals surface area contributed by atoms with Gasteiger partial charge in [0.1, 0.15) is 5.69 Å². The normalized spacial score (nSPS) is 17.8. The number of alkyl halides is 3. The first kappa shape index (κ1) is 13.3. The van der Waals surface area contributed by atoms with Gasteiger partial charge in [0.2, 0.25) is 0 Å². The summed E-state index contributed by atoms with van der Waals surface area (Å²) < 4.78 is 37.6. The maximum Gasteiger partial charge on any atom is 0.433 e. The van der Waals surface area contributed by atoms with Gasteiger partial charge in [-0.15, -0.1) is 0 Å². The van der Waals surface area contributed by atoms with Crippen LogP contribution in [0.4, 0.5) is 13.2 Å². The lowest BCUT2D eigenvalue weighted by Crippen LogP contribution is -2.33. The molecule has 2 rings (SSSR count). The molecule has 1 aliphatic rings. The quantitative estimate of drug-likeness (QED) is 0.878. The summed E-state index contributed by atoms with van der Waals surface area (Å²) in [5.74, 6) is 0.598. The Morgan fingerprint density at radius 3 is 2.67 bits per heavy atom. The van der Waals surface area contributed by atoms with Gasteiger partial charge in [-0.05, 0) is 37.4 Å². The van der Waals surface area contributed by atoms with Crippen molar-refractivity contribution >= 4 is 0 Å². The first-order valence-corrected chi connectivity index (χ1v) is 6.27. The molecule has 0 bridgehead atoms. The van der Waals surface area contributed by atoms with Crippen molar-refractivity contribution in [2.45, 2.75) is 38.4 Å². The molecule has 1 aromatic heterocycles. The molecule has 1 N–H and O–H groups in total. The molecule has 2 nitrogen and oxygen atoms in total. The standard InChI is InChI=1S/C13H17F3N2/c1-2-17-11(9-6-7-9)8-10-4-3-5-12(18-10)13(14,15)16/h3-5,9,11,17H,2,6-8H2,1H3. The maximum atomic E-state index is 12.5. The van der Waals surface area contributed by atoms with Crippen molar-refractivity contribution in [2.24, 2.45) is 5.92 Å². The zero-order chi connectivity index (χ0) is 13.2. The summed E-state index contributed by atoms with van der Waals surface area (Å²) in [5.41, 5.74) is -0.284. The van der Waals surface area contributed by atoms with Gasteiger partial charge in [-0.1, -0.05) is 13.0 Å². The minimum Gasteiger partial charge on any atom is -0.314 e. The Morgan fingerprint density at radius 1 is 1.39 bits per heavy atom. The Balaban J connectivity index is 2.08. The van der Waals surface area contributed by atoms with Crippen LogP contribution in [0.2, 0.25) is 0 Å². The predicted molar refractivity (Wildman–Crippen MR) is 63.1 cm³/mol. The van der Waals surface area contributed by atoms with Crippen molar-refractivity contribution in [3.05, 3.63) is 29.6 Å². The topological polar surface area (TPSA) is 24.9 Å². The van der Waals surface area contributed by atoms with Gasteiger partial charge in [-0.3, -0.25) is 0 Å². The van der Waals surface area contributed by atoms with Crippen LogP contribution in [-0.4, -0.2) is 17.6 Å². The highest BCUT2D eigenvalue weighted by molar-refractivity contribution is 5.15. The number of halogens is 3. The summed E-state index contributed by atoms with van der Waals surface area (Å²) in [7, 11) is 0. The van der Waals surface area contributed by atoms with E-state index in [1.54, 1.807) is 6.07 Å². The van der Waals surface area contributed by atoms with E-state index in [1.165, 1.54) is 6.07 Å². The van der Waals surface area contributed by atoms with Gasteiger partial charge in [-0.2, -0.15) is 13.2 Å². The van der Waals surface area contributed by atoms with E-state index in [0.29, 0.717) is 18.0 Å². The van der Waals surface area contributed by atoms with Gasteiger partial charge >= 0.3 is 6.18 Å². The molecule has 18 heavy (non-hydrogen) atoms. The smallest absolute Gasteiger partial charge is 0.314 e. The molecule has 0 radical (unpaired) electrons. The summed E-state index contributed by atoms with van der Waals surface area (Å²) in [6.45, 7) is 2.84. The lowest BCUT2D eigenvalue weighted by atomic mass is 10.1. The molecule has 1 aromatic rings. The number of nitrogens with zero attached hydrogens (tertiary/aromatic N) is 1.